The van der Waals surface area contributed by atoms with Crippen molar-refractivity contribution >= 4 is 38.9 Å². The predicted molar refractivity (Wildman–Crippen MR) is 233 cm³/mol. The van der Waals surface area contributed by atoms with Gasteiger partial charge in [-0.25, -0.2) is 9.97 Å². The van der Waals surface area contributed by atoms with Crippen LogP contribution in [0, 0.1) is 0 Å². The van der Waals surface area contributed by atoms with Crippen LogP contribution in [0.1, 0.15) is 0 Å². The van der Waals surface area contributed by atoms with E-state index in [0.29, 0.717) is 5.82 Å². The van der Waals surface area contributed by atoms with Crippen LogP contribution in [-0.4, -0.2) is 14.5 Å². The molecule has 0 saturated carbocycles. The number of hydrogen-bond donors (Lipinski definition) is 0. The molecule has 2 aliphatic heterocycles. The van der Waals surface area contributed by atoms with Crippen LogP contribution < -0.4 is 14.4 Å². The van der Waals surface area contributed by atoms with Crippen LogP contribution in [0.5, 0.6) is 23.0 Å². The summed E-state index contributed by atoms with van der Waals surface area (Å²) in [5, 5.41) is 2.33. The topological polar surface area (TPSA) is 52.4 Å². The van der Waals surface area contributed by atoms with Crippen LogP contribution in [0.3, 0.4) is 0 Å². The molecule has 8 aromatic carbocycles. The van der Waals surface area contributed by atoms with E-state index in [-0.39, 0.29) is 0 Å². The van der Waals surface area contributed by atoms with Gasteiger partial charge in [0.25, 0.3) is 0 Å². The molecular formula is C52H32N4O2. The number of aromatic nitrogens is 3. The van der Waals surface area contributed by atoms with Gasteiger partial charge in [-0.3, -0.25) is 4.90 Å². The van der Waals surface area contributed by atoms with Gasteiger partial charge in [-0.2, -0.15) is 0 Å². The van der Waals surface area contributed by atoms with Crippen molar-refractivity contribution in [3.8, 4) is 73.7 Å². The normalized spacial score (nSPS) is 12.4. The van der Waals surface area contributed by atoms with Crippen molar-refractivity contribution in [3.63, 3.8) is 0 Å². The molecule has 272 valence electrons. The second kappa shape index (κ2) is 12.8. The Morgan fingerprint density at radius 3 is 1.67 bits per heavy atom. The van der Waals surface area contributed by atoms with Gasteiger partial charge in [0.15, 0.2) is 28.8 Å². The number of benzene rings is 8. The van der Waals surface area contributed by atoms with Crippen LogP contribution >= 0.6 is 0 Å². The van der Waals surface area contributed by atoms with Crippen LogP contribution in [0.25, 0.3) is 72.5 Å². The van der Waals surface area contributed by atoms with E-state index in [0.717, 1.165) is 101 Å². The van der Waals surface area contributed by atoms with Crippen molar-refractivity contribution < 1.29 is 9.47 Å². The third kappa shape index (κ3) is 5.12. The zero-order chi connectivity index (χ0) is 38.2. The molecule has 2 aliphatic rings. The van der Waals surface area contributed by atoms with Gasteiger partial charge >= 0.3 is 0 Å². The lowest BCUT2D eigenvalue weighted by atomic mass is 9.99. The highest BCUT2D eigenvalue weighted by Crippen LogP contribution is 2.60. The lowest BCUT2D eigenvalue weighted by Crippen LogP contribution is -2.20. The molecule has 2 aromatic heterocycles. The minimum atomic E-state index is 0.694. The molecule has 6 heteroatoms. The molecular weight excluding hydrogens is 713 g/mol. The number of nitrogens with zero attached hydrogens (tertiary/aromatic N) is 4. The van der Waals surface area contributed by atoms with Crippen molar-refractivity contribution in [1.29, 1.82) is 0 Å². The molecule has 4 heterocycles. The van der Waals surface area contributed by atoms with Crippen molar-refractivity contribution in [2.45, 2.75) is 0 Å². The fourth-order valence-electron chi connectivity index (χ4n) is 8.49. The SMILES string of the molecule is c1ccc(-c2cc(-c3cccc(-n4c5ccccc5c5cc(-c6cc7c8c(c6)Oc6ccccc6N8c6ccccc6O7)ccc54)c3)nc(-c3ccccc3)n2)cc1. The first-order chi connectivity index (χ1) is 28.7. The first kappa shape index (κ1) is 32.3. The zero-order valence-electron chi connectivity index (χ0n) is 31.1. The highest BCUT2D eigenvalue weighted by molar-refractivity contribution is 6.10. The summed E-state index contributed by atoms with van der Waals surface area (Å²) < 4.78 is 15.5. The number of hydrogen-bond acceptors (Lipinski definition) is 5. The van der Waals surface area contributed by atoms with E-state index in [9.17, 15) is 0 Å². The molecule has 12 rings (SSSR count). The van der Waals surface area contributed by atoms with E-state index in [1.54, 1.807) is 0 Å². The van der Waals surface area contributed by atoms with E-state index in [1.165, 1.54) is 5.39 Å². The second-order valence-electron chi connectivity index (χ2n) is 14.6. The van der Waals surface area contributed by atoms with Gasteiger partial charge in [-0.05, 0) is 83.9 Å². The highest BCUT2D eigenvalue weighted by Gasteiger charge is 2.35. The quantitative estimate of drug-likeness (QED) is 0.176. The van der Waals surface area contributed by atoms with Gasteiger partial charge in [0.2, 0.25) is 0 Å². The minimum absolute atomic E-state index is 0.694. The van der Waals surface area contributed by atoms with Crippen LogP contribution in [0.2, 0.25) is 0 Å². The average Bonchev–Trinajstić information content (AvgIpc) is 3.63. The number of rotatable bonds is 5. The fraction of sp³-hybridized carbons (Fsp3) is 0. The predicted octanol–water partition coefficient (Wildman–Crippen LogP) is 13.9. The van der Waals surface area contributed by atoms with Gasteiger partial charge in [0.1, 0.15) is 5.69 Å². The lowest BCUT2D eigenvalue weighted by Gasteiger charge is -2.38. The van der Waals surface area contributed by atoms with Crippen LogP contribution in [0.4, 0.5) is 17.1 Å². The molecule has 0 radical (unpaired) electrons. The molecule has 10 aromatic rings. The standard InChI is InChI=1S/C52H32N4O2/c1-3-14-33(15-4-1)41-32-42(54-52(53-41)34-16-5-2-6-17-34)36-18-13-19-38(28-36)55-43-21-8-7-20-39(43)40-29-35(26-27-44(40)55)37-30-49-51-50(31-37)58-48-25-12-10-23-46(48)56(51)45-22-9-11-24-47(45)57-49/h1-32H. The Kier molecular flexibility index (Phi) is 7.13. The monoisotopic (exact) mass is 744 g/mol. The van der Waals surface area contributed by atoms with Crippen molar-refractivity contribution in [2.75, 3.05) is 4.90 Å². The van der Waals surface area contributed by atoms with Crippen molar-refractivity contribution in [2.24, 2.45) is 0 Å². The second-order valence-corrected chi connectivity index (χ2v) is 14.6. The average molecular weight is 745 g/mol. The zero-order valence-corrected chi connectivity index (χ0v) is 31.1. The number of fused-ring (bicyclic) bond motifs is 7. The van der Waals surface area contributed by atoms with E-state index < -0.39 is 0 Å². The Morgan fingerprint density at radius 2 is 0.948 bits per heavy atom. The van der Waals surface area contributed by atoms with Gasteiger partial charge in [0.05, 0.1) is 33.8 Å². The molecule has 0 amide bonds. The van der Waals surface area contributed by atoms with Gasteiger partial charge < -0.3 is 14.0 Å². The van der Waals surface area contributed by atoms with E-state index in [1.807, 2.05) is 72.8 Å². The maximum Gasteiger partial charge on any atom is 0.160 e. The summed E-state index contributed by atoms with van der Waals surface area (Å²) in [6.45, 7) is 0. The smallest absolute Gasteiger partial charge is 0.160 e. The maximum absolute atomic E-state index is 6.60. The molecule has 0 unspecified atom stereocenters. The Hall–Kier alpha value is -7.96. The summed E-state index contributed by atoms with van der Waals surface area (Å²) in [7, 11) is 0. The first-order valence-corrected chi connectivity index (χ1v) is 19.4. The third-order valence-electron chi connectivity index (χ3n) is 11.1. The van der Waals surface area contributed by atoms with E-state index >= 15 is 0 Å². The largest absolute Gasteiger partial charge is 0.453 e. The summed E-state index contributed by atoms with van der Waals surface area (Å²) in [6.07, 6.45) is 0. The Balaban J connectivity index is 0.988. The number of anilines is 3. The lowest BCUT2D eigenvalue weighted by molar-refractivity contribution is 0.446. The maximum atomic E-state index is 6.60. The Labute approximate surface area is 334 Å². The highest BCUT2D eigenvalue weighted by atomic mass is 16.5. The van der Waals surface area contributed by atoms with Crippen molar-refractivity contribution in [3.05, 3.63) is 194 Å². The molecule has 0 atom stereocenters. The summed E-state index contributed by atoms with van der Waals surface area (Å²) in [4.78, 5) is 12.4. The molecule has 6 nitrogen and oxygen atoms in total. The van der Waals surface area contributed by atoms with Crippen molar-refractivity contribution in [1.82, 2.24) is 14.5 Å². The molecule has 0 spiro atoms. The number of ether oxygens (including phenoxy) is 2. The Bertz CT molecular complexity index is 3120. The summed E-state index contributed by atoms with van der Waals surface area (Å²) in [5.41, 5.74) is 13.0. The first-order valence-electron chi connectivity index (χ1n) is 19.4. The Morgan fingerprint density at radius 1 is 0.362 bits per heavy atom. The summed E-state index contributed by atoms with van der Waals surface area (Å²) in [5.74, 6) is 3.83. The third-order valence-corrected chi connectivity index (χ3v) is 11.1. The molecule has 0 aliphatic carbocycles. The molecule has 0 fully saturated rings. The summed E-state index contributed by atoms with van der Waals surface area (Å²) >= 11 is 0. The van der Waals surface area contributed by atoms with E-state index in [4.69, 9.17) is 19.4 Å². The number of para-hydroxylation sites is 5. The van der Waals surface area contributed by atoms with E-state index in [2.05, 4.69) is 131 Å². The van der Waals surface area contributed by atoms with Gasteiger partial charge in [0, 0.05) is 33.2 Å². The van der Waals surface area contributed by atoms with Crippen LogP contribution in [0.15, 0.2) is 194 Å². The summed E-state index contributed by atoms with van der Waals surface area (Å²) in [6, 6.07) is 67.2. The van der Waals surface area contributed by atoms with Gasteiger partial charge in [-0.15, -0.1) is 0 Å². The minimum Gasteiger partial charge on any atom is -0.453 e. The molecule has 0 bridgehead atoms. The molecule has 0 saturated heterocycles. The molecule has 58 heavy (non-hydrogen) atoms. The fourth-order valence-corrected chi connectivity index (χ4v) is 8.49. The molecule has 0 N–H and O–H groups in total. The van der Waals surface area contributed by atoms with Gasteiger partial charge in [-0.1, -0.05) is 121 Å². The van der Waals surface area contributed by atoms with Crippen LogP contribution in [-0.2, 0) is 0 Å².